The molecule has 0 radical (unpaired) electrons. The molecular formula is C22H28ClN3O4. The molecule has 3 heterocycles. The fraction of sp³-hybridized carbons (Fsp3) is 0.545. The quantitative estimate of drug-likeness (QED) is 0.484. The highest BCUT2D eigenvalue weighted by Gasteiger charge is 2.33. The third-order valence-electron chi connectivity index (χ3n) is 5.52. The average Bonchev–Trinajstić information content (AvgIpc) is 3.36. The zero-order valence-corrected chi connectivity index (χ0v) is 17.8. The Morgan fingerprint density at radius 1 is 1.23 bits per heavy atom. The number of hydrogen-bond acceptors (Lipinski definition) is 6. The molecule has 2 saturated heterocycles. The first-order chi connectivity index (χ1) is 14.7. The Kier molecular flexibility index (Phi) is 7.25. The van der Waals surface area contributed by atoms with Crippen LogP contribution in [0, 0.1) is 5.92 Å². The minimum atomic E-state index is -0.0632. The second-order valence-corrected chi connectivity index (χ2v) is 8.19. The van der Waals surface area contributed by atoms with Gasteiger partial charge in [-0.2, -0.15) is 0 Å². The number of ether oxygens (including phenoxy) is 2. The van der Waals surface area contributed by atoms with Crippen LogP contribution in [0.3, 0.4) is 0 Å². The lowest BCUT2D eigenvalue weighted by Gasteiger charge is -2.28. The molecule has 0 spiro atoms. The van der Waals surface area contributed by atoms with E-state index in [1.54, 1.807) is 6.26 Å². The number of carbonyl (C=O) groups is 1. The third-order valence-corrected chi connectivity index (χ3v) is 5.79. The normalized spacial score (nSPS) is 22.2. The van der Waals surface area contributed by atoms with Gasteiger partial charge in [-0.15, -0.1) is 11.6 Å². The van der Waals surface area contributed by atoms with Crippen LogP contribution < -0.4 is 10.1 Å². The van der Waals surface area contributed by atoms with Gasteiger partial charge >= 0.3 is 0 Å². The number of aromatic nitrogens is 1. The molecule has 7 nitrogen and oxygen atoms in total. The molecule has 1 unspecified atom stereocenters. The largest absolute Gasteiger partial charge is 0.494 e. The van der Waals surface area contributed by atoms with Crippen LogP contribution in [-0.4, -0.2) is 67.2 Å². The minimum Gasteiger partial charge on any atom is -0.494 e. The monoisotopic (exact) mass is 433 g/mol. The van der Waals surface area contributed by atoms with Gasteiger partial charge in [-0.3, -0.25) is 9.69 Å². The lowest BCUT2D eigenvalue weighted by Crippen LogP contribution is -2.44. The summed E-state index contributed by atoms with van der Waals surface area (Å²) in [6, 6.07) is 7.83. The van der Waals surface area contributed by atoms with E-state index in [1.165, 1.54) is 0 Å². The third kappa shape index (κ3) is 5.53. The summed E-state index contributed by atoms with van der Waals surface area (Å²) in [7, 11) is 0. The summed E-state index contributed by atoms with van der Waals surface area (Å²) in [5, 5.41) is 3.14. The molecule has 30 heavy (non-hydrogen) atoms. The van der Waals surface area contributed by atoms with Crippen LogP contribution in [0.1, 0.15) is 18.5 Å². The summed E-state index contributed by atoms with van der Waals surface area (Å²) in [6.07, 6.45) is 3.89. The molecule has 0 saturated carbocycles. The second kappa shape index (κ2) is 10.3. The molecule has 1 N–H and O–H groups in total. The molecule has 0 bridgehead atoms. The number of benzene rings is 1. The summed E-state index contributed by atoms with van der Waals surface area (Å²) in [5.74, 6) is 1.98. The van der Waals surface area contributed by atoms with E-state index in [-0.39, 0.29) is 17.9 Å². The predicted octanol–water partition coefficient (Wildman–Crippen LogP) is 2.73. The average molecular weight is 434 g/mol. The number of nitrogens with one attached hydrogen (secondary N) is 1. The van der Waals surface area contributed by atoms with Crippen molar-refractivity contribution in [1.29, 1.82) is 0 Å². The summed E-state index contributed by atoms with van der Waals surface area (Å²) < 4.78 is 16.7. The van der Waals surface area contributed by atoms with E-state index in [4.69, 9.17) is 25.5 Å². The SMILES string of the molecule is O=C1N[C@H](CN2CCOCC2)CC1Cc1coc(-c2ccc(OCCCCl)cc2)n1. The van der Waals surface area contributed by atoms with Gasteiger partial charge in [0.1, 0.15) is 12.0 Å². The van der Waals surface area contributed by atoms with Crippen molar-refractivity contribution in [1.82, 2.24) is 15.2 Å². The van der Waals surface area contributed by atoms with Crippen molar-refractivity contribution in [3.8, 4) is 17.2 Å². The first-order valence-corrected chi connectivity index (χ1v) is 11.1. The van der Waals surface area contributed by atoms with E-state index >= 15 is 0 Å². The Morgan fingerprint density at radius 3 is 2.80 bits per heavy atom. The van der Waals surface area contributed by atoms with E-state index in [2.05, 4.69) is 15.2 Å². The van der Waals surface area contributed by atoms with Gasteiger partial charge in [0.25, 0.3) is 0 Å². The maximum absolute atomic E-state index is 12.4. The maximum atomic E-state index is 12.4. The number of hydrogen-bond donors (Lipinski definition) is 1. The molecule has 2 aliphatic rings. The van der Waals surface area contributed by atoms with Crippen LogP contribution >= 0.6 is 11.6 Å². The Hall–Kier alpha value is -2.09. The van der Waals surface area contributed by atoms with E-state index in [1.807, 2.05) is 24.3 Å². The Balaban J connectivity index is 1.30. The van der Waals surface area contributed by atoms with E-state index in [0.717, 1.165) is 62.7 Å². The number of halogens is 1. The van der Waals surface area contributed by atoms with Crippen molar-refractivity contribution in [3.05, 3.63) is 36.2 Å². The molecule has 162 valence electrons. The number of carbonyl (C=O) groups excluding carboxylic acids is 1. The number of nitrogens with zero attached hydrogens (tertiary/aromatic N) is 2. The van der Waals surface area contributed by atoms with E-state index < -0.39 is 0 Å². The highest BCUT2D eigenvalue weighted by Crippen LogP contribution is 2.25. The lowest BCUT2D eigenvalue weighted by molar-refractivity contribution is -0.122. The van der Waals surface area contributed by atoms with E-state index in [9.17, 15) is 4.79 Å². The highest BCUT2D eigenvalue weighted by molar-refractivity contribution is 6.17. The van der Waals surface area contributed by atoms with Gasteiger partial charge in [-0.05, 0) is 37.1 Å². The van der Waals surface area contributed by atoms with Gasteiger partial charge in [-0.25, -0.2) is 4.98 Å². The molecule has 1 aromatic carbocycles. The van der Waals surface area contributed by atoms with Crippen molar-refractivity contribution < 1.29 is 18.7 Å². The fourth-order valence-corrected chi connectivity index (χ4v) is 4.05. The fourth-order valence-electron chi connectivity index (χ4n) is 3.94. The molecule has 2 fully saturated rings. The van der Waals surface area contributed by atoms with Gasteiger partial charge in [0, 0.05) is 49.5 Å². The molecule has 8 heteroatoms. The van der Waals surface area contributed by atoms with Crippen molar-refractivity contribution in [3.63, 3.8) is 0 Å². The van der Waals surface area contributed by atoms with Gasteiger partial charge in [0.05, 0.1) is 25.5 Å². The topological polar surface area (TPSA) is 76.8 Å². The van der Waals surface area contributed by atoms with Gasteiger partial charge in [0.2, 0.25) is 11.8 Å². The van der Waals surface area contributed by atoms with Crippen molar-refractivity contribution >= 4 is 17.5 Å². The summed E-state index contributed by atoms with van der Waals surface area (Å²) in [4.78, 5) is 19.4. The van der Waals surface area contributed by atoms with Crippen molar-refractivity contribution in [2.45, 2.75) is 25.3 Å². The maximum Gasteiger partial charge on any atom is 0.226 e. The number of alkyl halides is 1. The van der Waals surface area contributed by atoms with Crippen LogP contribution in [0.5, 0.6) is 5.75 Å². The number of amides is 1. The number of rotatable bonds is 9. The molecule has 1 aromatic heterocycles. The summed E-state index contributed by atoms with van der Waals surface area (Å²) in [5.41, 5.74) is 1.69. The summed E-state index contributed by atoms with van der Waals surface area (Å²) in [6.45, 7) is 4.88. The van der Waals surface area contributed by atoms with Crippen LogP contribution in [0.2, 0.25) is 0 Å². The molecule has 1 amide bonds. The first-order valence-electron chi connectivity index (χ1n) is 10.6. The number of morpholine rings is 1. The standard InChI is InChI=1S/C22H28ClN3O4/c23-6-1-9-29-20-4-2-16(3-5-20)22-25-19(15-30-22)13-17-12-18(24-21(17)27)14-26-7-10-28-11-8-26/h2-5,15,17-18H,1,6-14H2,(H,24,27)/t17?,18-/m0/s1. The lowest BCUT2D eigenvalue weighted by atomic mass is 9.99. The van der Waals surface area contributed by atoms with Gasteiger partial charge < -0.3 is 19.2 Å². The van der Waals surface area contributed by atoms with Gasteiger partial charge in [-0.1, -0.05) is 0 Å². The molecule has 4 rings (SSSR count). The molecule has 2 aliphatic heterocycles. The van der Waals surface area contributed by atoms with Gasteiger partial charge in [0.15, 0.2) is 0 Å². The van der Waals surface area contributed by atoms with Crippen LogP contribution in [-0.2, 0) is 16.0 Å². The Labute approximate surface area is 181 Å². The Morgan fingerprint density at radius 2 is 2.03 bits per heavy atom. The van der Waals surface area contributed by atoms with E-state index in [0.29, 0.717) is 24.8 Å². The van der Waals surface area contributed by atoms with Crippen molar-refractivity contribution in [2.24, 2.45) is 5.92 Å². The first kappa shape index (κ1) is 21.2. The predicted molar refractivity (Wildman–Crippen MR) is 114 cm³/mol. The summed E-state index contributed by atoms with van der Waals surface area (Å²) >= 11 is 5.66. The Bertz CT molecular complexity index is 820. The molecule has 2 atom stereocenters. The molecule has 2 aromatic rings. The minimum absolute atomic E-state index is 0.0632. The molecule has 0 aliphatic carbocycles. The smallest absolute Gasteiger partial charge is 0.226 e. The highest BCUT2D eigenvalue weighted by atomic mass is 35.5. The van der Waals surface area contributed by atoms with Crippen LogP contribution in [0.4, 0.5) is 0 Å². The molecular weight excluding hydrogens is 406 g/mol. The zero-order chi connectivity index (χ0) is 20.8. The zero-order valence-electron chi connectivity index (χ0n) is 17.0. The van der Waals surface area contributed by atoms with Crippen LogP contribution in [0.15, 0.2) is 34.9 Å². The van der Waals surface area contributed by atoms with Crippen molar-refractivity contribution in [2.75, 3.05) is 45.3 Å². The second-order valence-electron chi connectivity index (χ2n) is 7.81. The number of oxazole rings is 1. The van der Waals surface area contributed by atoms with Crippen LogP contribution in [0.25, 0.3) is 11.5 Å².